The molecule has 4 nitrogen and oxygen atoms in total. The quantitative estimate of drug-likeness (QED) is 0.699. The summed E-state index contributed by atoms with van der Waals surface area (Å²) in [6.07, 6.45) is 5.59. The molecule has 0 amide bonds. The Morgan fingerprint density at radius 1 is 1.19 bits per heavy atom. The van der Waals surface area contributed by atoms with E-state index in [1.165, 1.54) is 11.8 Å². The summed E-state index contributed by atoms with van der Waals surface area (Å²) in [7, 11) is 0. The monoisotopic (exact) mass is 230 g/mol. The molecule has 0 fully saturated rings. The average Bonchev–Trinajstić information content (AvgIpc) is 2.38. The van der Waals surface area contributed by atoms with Gasteiger partial charge in [0.15, 0.2) is 0 Å². The number of aryl methyl sites for hydroxylation is 2. The molecule has 0 saturated carbocycles. The van der Waals surface area contributed by atoms with Gasteiger partial charge in [-0.25, -0.2) is 4.98 Å². The van der Waals surface area contributed by atoms with Crippen molar-refractivity contribution < 1.29 is 0 Å². The number of thioether (sulfide) groups is 1. The minimum atomic E-state index is 0.718. The van der Waals surface area contributed by atoms with E-state index in [4.69, 9.17) is 0 Å². The summed E-state index contributed by atoms with van der Waals surface area (Å²) in [5, 5.41) is 9.01. The van der Waals surface area contributed by atoms with E-state index in [-0.39, 0.29) is 0 Å². The molecule has 5 heteroatoms. The van der Waals surface area contributed by atoms with Crippen LogP contribution in [-0.4, -0.2) is 26.4 Å². The highest BCUT2D eigenvalue weighted by Gasteiger charge is 2.20. The molecule has 0 radical (unpaired) electrons. The van der Waals surface area contributed by atoms with Gasteiger partial charge in [-0.1, -0.05) is 11.8 Å². The summed E-state index contributed by atoms with van der Waals surface area (Å²) in [5.41, 5.74) is 4.16. The van der Waals surface area contributed by atoms with E-state index >= 15 is 0 Å². The highest BCUT2D eigenvalue weighted by atomic mass is 32.2. The van der Waals surface area contributed by atoms with Crippen LogP contribution in [0.15, 0.2) is 23.5 Å². The number of rotatable bonds is 1. The van der Waals surface area contributed by atoms with Crippen LogP contribution in [0.2, 0.25) is 0 Å². The molecule has 0 N–H and O–H groups in total. The molecule has 0 spiro atoms. The van der Waals surface area contributed by atoms with Crippen molar-refractivity contribution in [1.82, 2.24) is 20.2 Å². The fourth-order valence-corrected chi connectivity index (χ4v) is 2.20. The second-order valence-electron chi connectivity index (χ2n) is 3.59. The third-order valence-electron chi connectivity index (χ3n) is 2.66. The molecule has 0 saturated heterocycles. The molecular formula is C11H10N4S. The van der Waals surface area contributed by atoms with Crippen LogP contribution in [0.4, 0.5) is 0 Å². The number of pyridine rings is 1. The molecule has 1 aliphatic carbocycles. The predicted molar refractivity (Wildman–Crippen MR) is 62.2 cm³/mol. The van der Waals surface area contributed by atoms with Crippen molar-refractivity contribution in [1.29, 1.82) is 0 Å². The maximum atomic E-state index is 4.52. The van der Waals surface area contributed by atoms with Gasteiger partial charge in [0, 0.05) is 11.8 Å². The van der Waals surface area contributed by atoms with Crippen molar-refractivity contribution in [2.24, 2.45) is 0 Å². The van der Waals surface area contributed by atoms with Crippen LogP contribution in [0.5, 0.6) is 0 Å². The molecule has 16 heavy (non-hydrogen) atoms. The maximum absolute atomic E-state index is 4.52. The lowest BCUT2D eigenvalue weighted by molar-refractivity contribution is 0.751. The number of hydrogen-bond acceptors (Lipinski definition) is 5. The summed E-state index contributed by atoms with van der Waals surface area (Å²) in [6.45, 7) is 0. The number of fused-ring (bicyclic) bond motifs is 3. The zero-order chi connectivity index (χ0) is 11.0. The Kier molecular flexibility index (Phi) is 2.32. The van der Waals surface area contributed by atoms with Crippen LogP contribution in [-0.2, 0) is 12.8 Å². The van der Waals surface area contributed by atoms with Gasteiger partial charge in [-0.2, -0.15) is 5.10 Å². The fourth-order valence-electron chi connectivity index (χ4n) is 1.89. The van der Waals surface area contributed by atoms with Gasteiger partial charge in [-0.15, -0.1) is 5.10 Å². The lowest BCUT2D eigenvalue weighted by Gasteiger charge is -2.16. The zero-order valence-electron chi connectivity index (χ0n) is 8.84. The third kappa shape index (κ3) is 1.48. The largest absolute Gasteiger partial charge is 0.261 e. The molecule has 80 valence electrons. The second kappa shape index (κ2) is 3.83. The van der Waals surface area contributed by atoms with Crippen LogP contribution in [0.3, 0.4) is 0 Å². The van der Waals surface area contributed by atoms with Gasteiger partial charge in [0.1, 0.15) is 0 Å². The number of nitrogens with zero attached hydrogens (tertiary/aromatic N) is 4. The van der Waals surface area contributed by atoms with E-state index in [9.17, 15) is 0 Å². The Bertz CT molecular complexity index is 541. The summed E-state index contributed by atoms with van der Waals surface area (Å²) in [6, 6.07) is 3.99. The molecule has 3 rings (SSSR count). The summed E-state index contributed by atoms with van der Waals surface area (Å²) >= 11 is 1.51. The van der Waals surface area contributed by atoms with Crippen LogP contribution in [0.1, 0.15) is 11.4 Å². The first-order valence-corrected chi connectivity index (χ1v) is 6.33. The normalized spacial score (nSPS) is 13.1. The molecular weight excluding hydrogens is 220 g/mol. The molecule has 0 atom stereocenters. The molecule has 0 unspecified atom stereocenters. The Labute approximate surface area is 97.5 Å². The fraction of sp³-hybridized carbons (Fsp3) is 0.273. The van der Waals surface area contributed by atoms with Gasteiger partial charge in [0.05, 0.1) is 17.1 Å². The lowest BCUT2D eigenvalue weighted by atomic mass is 9.97. The average molecular weight is 230 g/mol. The molecule has 2 aromatic rings. The smallest absolute Gasteiger partial charge is 0.209 e. The Morgan fingerprint density at radius 2 is 2.06 bits per heavy atom. The SMILES string of the molecule is CSc1nnc2c(n1)-c1cccnc1CC2. The third-order valence-corrected chi connectivity index (χ3v) is 3.20. The second-order valence-corrected chi connectivity index (χ2v) is 4.36. The van der Waals surface area contributed by atoms with Gasteiger partial charge in [-0.3, -0.25) is 4.98 Å². The van der Waals surface area contributed by atoms with E-state index in [1.807, 2.05) is 18.5 Å². The standard InChI is InChI=1S/C11H10N4S/c1-16-11-13-10-7-3-2-6-12-8(7)4-5-9(10)14-15-11/h2-3,6H,4-5H2,1H3. The molecule has 0 aromatic carbocycles. The van der Waals surface area contributed by atoms with Gasteiger partial charge < -0.3 is 0 Å². The van der Waals surface area contributed by atoms with E-state index in [2.05, 4.69) is 26.2 Å². The van der Waals surface area contributed by atoms with Gasteiger partial charge in [-0.05, 0) is 31.2 Å². The minimum absolute atomic E-state index is 0.718. The summed E-state index contributed by atoms with van der Waals surface area (Å²) in [5.74, 6) is 0. The summed E-state index contributed by atoms with van der Waals surface area (Å²) in [4.78, 5) is 8.90. The van der Waals surface area contributed by atoms with Gasteiger partial charge >= 0.3 is 0 Å². The topological polar surface area (TPSA) is 51.6 Å². The van der Waals surface area contributed by atoms with Crippen molar-refractivity contribution in [3.05, 3.63) is 29.7 Å². The number of hydrogen-bond donors (Lipinski definition) is 0. The minimum Gasteiger partial charge on any atom is -0.261 e. The molecule has 0 aliphatic heterocycles. The Balaban J connectivity index is 2.22. The van der Waals surface area contributed by atoms with Crippen molar-refractivity contribution >= 4 is 11.8 Å². The van der Waals surface area contributed by atoms with Crippen molar-refractivity contribution in [3.8, 4) is 11.3 Å². The van der Waals surface area contributed by atoms with E-state index in [1.54, 1.807) is 0 Å². The first-order valence-electron chi connectivity index (χ1n) is 5.10. The molecule has 1 aliphatic rings. The Morgan fingerprint density at radius 3 is 2.94 bits per heavy atom. The predicted octanol–water partition coefficient (Wildman–Crippen LogP) is 1.75. The van der Waals surface area contributed by atoms with Crippen LogP contribution >= 0.6 is 11.8 Å². The number of aromatic nitrogens is 4. The van der Waals surface area contributed by atoms with Crippen molar-refractivity contribution in [2.45, 2.75) is 18.0 Å². The first-order chi connectivity index (χ1) is 7.88. The highest BCUT2D eigenvalue weighted by Crippen LogP contribution is 2.29. The molecule has 2 heterocycles. The van der Waals surface area contributed by atoms with Gasteiger partial charge in [0.25, 0.3) is 0 Å². The highest BCUT2D eigenvalue weighted by molar-refractivity contribution is 7.98. The van der Waals surface area contributed by atoms with Crippen LogP contribution < -0.4 is 0 Å². The van der Waals surface area contributed by atoms with Crippen molar-refractivity contribution in [3.63, 3.8) is 0 Å². The van der Waals surface area contributed by atoms with Gasteiger partial charge in [0.2, 0.25) is 5.16 Å². The van der Waals surface area contributed by atoms with Crippen LogP contribution in [0, 0.1) is 0 Å². The maximum Gasteiger partial charge on any atom is 0.209 e. The lowest BCUT2D eigenvalue weighted by Crippen LogP contribution is -2.11. The molecule has 0 bridgehead atoms. The van der Waals surface area contributed by atoms with Crippen molar-refractivity contribution in [2.75, 3.05) is 6.26 Å². The van der Waals surface area contributed by atoms with E-state index < -0.39 is 0 Å². The van der Waals surface area contributed by atoms with Crippen LogP contribution in [0.25, 0.3) is 11.3 Å². The zero-order valence-corrected chi connectivity index (χ0v) is 9.66. The first kappa shape index (κ1) is 9.72. The Hall–Kier alpha value is -1.49. The molecule has 2 aromatic heterocycles. The van der Waals surface area contributed by atoms with E-state index in [0.29, 0.717) is 0 Å². The van der Waals surface area contributed by atoms with E-state index in [0.717, 1.165) is 40.6 Å². The summed E-state index contributed by atoms with van der Waals surface area (Å²) < 4.78 is 0.